The second-order valence-electron chi connectivity index (χ2n) is 5.84. The Kier molecular flexibility index (Phi) is 6.97. The van der Waals surface area contributed by atoms with Crippen LogP contribution in [0, 0.1) is 11.3 Å². The Bertz CT molecular complexity index is 813. The molecule has 0 aliphatic heterocycles. The summed E-state index contributed by atoms with van der Waals surface area (Å²) in [6, 6.07) is 12.6. The number of carbonyl (C=O) groups excluding carboxylic acids is 1. The summed E-state index contributed by atoms with van der Waals surface area (Å²) in [6.45, 7) is 6.28. The molecule has 2 rings (SSSR count). The van der Waals surface area contributed by atoms with Crippen molar-refractivity contribution in [3.8, 4) is 5.75 Å². The Labute approximate surface area is 154 Å². The summed E-state index contributed by atoms with van der Waals surface area (Å²) >= 11 is 0. The maximum Gasteiger partial charge on any atom is 0.258 e. The predicted octanol–water partition coefficient (Wildman–Crippen LogP) is 4.78. The molecule has 2 aromatic rings. The van der Waals surface area contributed by atoms with Crippen LogP contribution < -0.4 is 10.1 Å². The van der Waals surface area contributed by atoms with Crippen molar-refractivity contribution in [1.82, 2.24) is 5.32 Å². The number of rotatable bonds is 8. The molecule has 0 aliphatic rings. The van der Waals surface area contributed by atoms with Gasteiger partial charge in [0, 0.05) is 37.6 Å². The lowest BCUT2D eigenvalue weighted by Gasteiger charge is -2.08. The smallest absolute Gasteiger partial charge is 0.258 e. The highest BCUT2D eigenvalue weighted by molar-refractivity contribution is 5.77. The van der Waals surface area contributed by atoms with E-state index in [-0.39, 0.29) is 12.5 Å². The van der Waals surface area contributed by atoms with Crippen LogP contribution in [0.1, 0.15) is 37.5 Å². The molecule has 5 nitrogen and oxygen atoms in total. The summed E-state index contributed by atoms with van der Waals surface area (Å²) < 4.78 is 5.59. The van der Waals surface area contributed by atoms with Crippen LogP contribution in [0.5, 0.6) is 5.75 Å². The first-order valence-corrected chi connectivity index (χ1v) is 8.46. The van der Waals surface area contributed by atoms with Crippen molar-refractivity contribution in [1.29, 1.82) is 0 Å². The van der Waals surface area contributed by atoms with E-state index in [2.05, 4.69) is 23.5 Å². The number of nitrogens with one attached hydrogen (secondary N) is 1. The number of benzene rings is 2. The molecule has 1 N–H and O–H groups in total. The molecule has 2 aromatic carbocycles. The van der Waals surface area contributed by atoms with Gasteiger partial charge in [-0.2, -0.15) is 0 Å². The zero-order valence-corrected chi connectivity index (χ0v) is 15.3. The molecular formula is C21H23N2O3+. The molecule has 0 aromatic heterocycles. The van der Waals surface area contributed by atoms with Crippen LogP contribution in [0.2, 0.25) is 0 Å². The molecule has 0 radical (unpaired) electrons. The fourth-order valence-corrected chi connectivity index (χ4v) is 2.51. The molecular weight excluding hydrogens is 328 g/mol. The van der Waals surface area contributed by atoms with Gasteiger partial charge in [0.05, 0.1) is 11.6 Å². The Morgan fingerprint density at radius 2 is 2.08 bits per heavy atom. The number of amides is 1. The Morgan fingerprint density at radius 3 is 2.77 bits per heavy atom. The van der Waals surface area contributed by atoms with Gasteiger partial charge < -0.3 is 10.1 Å². The highest BCUT2D eigenvalue weighted by Gasteiger charge is 2.14. The molecule has 0 unspecified atom stereocenters. The van der Waals surface area contributed by atoms with Crippen molar-refractivity contribution < 1.29 is 9.53 Å². The molecule has 0 aliphatic carbocycles. The summed E-state index contributed by atoms with van der Waals surface area (Å²) in [5, 5.41) is 5.65. The second-order valence-corrected chi connectivity index (χ2v) is 5.84. The third-order valence-corrected chi connectivity index (χ3v) is 4.07. The molecule has 0 fully saturated rings. The van der Waals surface area contributed by atoms with Crippen LogP contribution in [0.25, 0.3) is 5.57 Å². The zero-order valence-electron chi connectivity index (χ0n) is 15.3. The molecule has 26 heavy (non-hydrogen) atoms. The highest BCUT2D eigenvalue weighted by Crippen LogP contribution is 2.25. The Balaban J connectivity index is 1.91. The van der Waals surface area contributed by atoms with E-state index in [4.69, 9.17) is 4.74 Å². The predicted molar refractivity (Wildman–Crippen MR) is 104 cm³/mol. The first-order valence-electron chi connectivity index (χ1n) is 8.46. The number of nitrogens with zero attached hydrogens (tertiary/aromatic N) is 1. The minimum atomic E-state index is -0.231. The average Bonchev–Trinajstić information content (AvgIpc) is 2.69. The average molecular weight is 351 g/mol. The summed E-state index contributed by atoms with van der Waals surface area (Å²) in [5.74, 6) is 0.415. The number of allylic oxidation sites excluding steroid dienone is 2. The minimum absolute atomic E-state index is 0.0727. The molecule has 1 amide bonds. The molecule has 0 bridgehead atoms. The quantitative estimate of drug-likeness (QED) is 0.550. The van der Waals surface area contributed by atoms with E-state index in [1.165, 1.54) is 5.57 Å². The molecule has 5 heteroatoms. The summed E-state index contributed by atoms with van der Waals surface area (Å²) in [7, 11) is 0. The number of nitroso groups, excluding NO2 is 1. The number of hydrogen-bond donors (Lipinski definition) is 1. The lowest BCUT2D eigenvalue weighted by atomic mass is 9.99. The van der Waals surface area contributed by atoms with E-state index >= 15 is 0 Å². The largest absolute Gasteiger partial charge is 0.472 e. The van der Waals surface area contributed by atoms with Crippen molar-refractivity contribution in [2.75, 3.05) is 6.61 Å². The fraction of sp³-hybridized carbons (Fsp3) is 0.238. The van der Waals surface area contributed by atoms with Crippen molar-refractivity contribution in [3.05, 3.63) is 76.6 Å². The molecule has 0 heterocycles. The first kappa shape index (κ1) is 19.2. The van der Waals surface area contributed by atoms with Crippen molar-refractivity contribution in [2.24, 2.45) is 5.18 Å². The van der Waals surface area contributed by atoms with Gasteiger partial charge in [0.1, 0.15) is 11.3 Å². The van der Waals surface area contributed by atoms with Crippen LogP contribution in [0.15, 0.2) is 53.7 Å². The third kappa shape index (κ3) is 5.21. The van der Waals surface area contributed by atoms with Gasteiger partial charge in [-0.05, 0) is 36.7 Å². The van der Waals surface area contributed by atoms with Gasteiger partial charge in [-0.15, -0.1) is 4.91 Å². The monoisotopic (exact) mass is 351 g/mol. The van der Waals surface area contributed by atoms with Gasteiger partial charge >= 0.3 is 0 Å². The van der Waals surface area contributed by atoms with Gasteiger partial charge in [-0.3, -0.25) is 4.79 Å². The van der Waals surface area contributed by atoms with Crippen LogP contribution in [0.3, 0.4) is 0 Å². The van der Waals surface area contributed by atoms with Gasteiger partial charge in [0.25, 0.3) is 5.91 Å². The second kappa shape index (κ2) is 9.42. The SMILES string of the molecule is C/C=C(/C)c1ccc(OCC(=O)NCc2cccc(N=O)c2)cc1[CH+]C. The van der Waals surface area contributed by atoms with E-state index in [0.717, 1.165) is 16.7 Å². The maximum atomic E-state index is 12.0. The van der Waals surface area contributed by atoms with Crippen LogP contribution in [-0.2, 0) is 11.3 Å². The molecule has 0 saturated carbocycles. The van der Waals surface area contributed by atoms with Crippen LogP contribution in [0.4, 0.5) is 5.69 Å². The van der Waals surface area contributed by atoms with E-state index < -0.39 is 0 Å². The summed E-state index contributed by atoms with van der Waals surface area (Å²) in [6.07, 6.45) is 4.08. The van der Waals surface area contributed by atoms with E-state index in [1.54, 1.807) is 18.2 Å². The Morgan fingerprint density at radius 1 is 1.27 bits per heavy atom. The lowest BCUT2D eigenvalue weighted by molar-refractivity contribution is -0.123. The topological polar surface area (TPSA) is 67.8 Å². The van der Waals surface area contributed by atoms with E-state index in [9.17, 15) is 9.70 Å². The molecule has 0 saturated heterocycles. The normalized spacial score (nSPS) is 11.0. The number of hydrogen-bond acceptors (Lipinski definition) is 4. The van der Waals surface area contributed by atoms with E-state index in [0.29, 0.717) is 18.0 Å². The minimum Gasteiger partial charge on any atom is -0.472 e. The van der Waals surface area contributed by atoms with Crippen LogP contribution in [-0.4, -0.2) is 12.5 Å². The number of carbonyl (C=O) groups is 1. The van der Waals surface area contributed by atoms with Gasteiger partial charge in [-0.1, -0.05) is 18.2 Å². The fourth-order valence-electron chi connectivity index (χ4n) is 2.51. The van der Waals surface area contributed by atoms with Crippen molar-refractivity contribution in [2.45, 2.75) is 27.3 Å². The lowest BCUT2D eigenvalue weighted by Crippen LogP contribution is -2.28. The molecule has 0 spiro atoms. The highest BCUT2D eigenvalue weighted by atomic mass is 16.5. The van der Waals surface area contributed by atoms with E-state index in [1.807, 2.05) is 44.5 Å². The first-order chi connectivity index (χ1) is 12.6. The summed E-state index contributed by atoms with van der Waals surface area (Å²) in [5.41, 5.74) is 4.55. The number of ether oxygens (including phenoxy) is 1. The van der Waals surface area contributed by atoms with Crippen molar-refractivity contribution in [3.63, 3.8) is 0 Å². The van der Waals surface area contributed by atoms with Crippen LogP contribution >= 0.6 is 0 Å². The maximum absolute atomic E-state index is 12.0. The van der Waals surface area contributed by atoms with Gasteiger partial charge in [0.2, 0.25) is 0 Å². The third-order valence-electron chi connectivity index (χ3n) is 4.07. The van der Waals surface area contributed by atoms with Crippen molar-refractivity contribution >= 4 is 17.2 Å². The Hall–Kier alpha value is -3.08. The standard InChI is InChI=1S/C21H22N2O3/c1-4-15(3)20-10-9-19(12-17(20)5-2)26-14-21(24)22-13-16-7-6-8-18(11-16)23-25/h4-12H,13-14H2,1-3H3/p+1/b15-4-. The van der Waals surface area contributed by atoms with Gasteiger partial charge in [-0.25, -0.2) is 0 Å². The molecule has 0 atom stereocenters. The summed E-state index contributed by atoms with van der Waals surface area (Å²) in [4.78, 5) is 22.5. The molecule has 134 valence electrons. The zero-order chi connectivity index (χ0) is 18.9. The van der Waals surface area contributed by atoms with Gasteiger partial charge in [0.15, 0.2) is 12.4 Å².